The summed E-state index contributed by atoms with van der Waals surface area (Å²) < 4.78 is 13.7. The Bertz CT molecular complexity index is 942. The molecular formula is C23H31FN6O. The monoisotopic (exact) mass is 426 g/mol. The van der Waals surface area contributed by atoms with Gasteiger partial charge in [0, 0.05) is 37.4 Å². The van der Waals surface area contributed by atoms with Gasteiger partial charge in [-0.1, -0.05) is 6.07 Å². The van der Waals surface area contributed by atoms with Crippen LogP contribution in [-0.4, -0.2) is 42.2 Å². The molecule has 1 saturated carbocycles. The van der Waals surface area contributed by atoms with Crippen LogP contribution in [0.5, 0.6) is 0 Å². The number of rotatable bonds is 5. The van der Waals surface area contributed by atoms with E-state index in [1.165, 1.54) is 35.4 Å². The lowest BCUT2D eigenvalue weighted by Gasteiger charge is -2.36. The quantitative estimate of drug-likeness (QED) is 0.758. The topological polar surface area (TPSA) is 87.4 Å². The van der Waals surface area contributed by atoms with Crippen LogP contribution in [0.15, 0.2) is 24.3 Å². The molecule has 7 nitrogen and oxygen atoms in total. The summed E-state index contributed by atoms with van der Waals surface area (Å²) in [6.45, 7) is 0. The number of benzene rings is 1. The van der Waals surface area contributed by atoms with Crippen LogP contribution in [0.4, 0.5) is 26.6 Å². The number of primary amides is 1. The molecule has 0 saturated heterocycles. The van der Waals surface area contributed by atoms with Crippen molar-refractivity contribution in [3.05, 3.63) is 41.3 Å². The van der Waals surface area contributed by atoms with Crippen molar-refractivity contribution >= 4 is 23.5 Å². The van der Waals surface area contributed by atoms with E-state index in [1.54, 1.807) is 12.1 Å². The van der Waals surface area contributed by atoms with Crippen molar-refractivity contribution < 1.29 is 9.18 Å². The fourth-order valence-corrected chi connectivity index (χ4v) is 4.81. The van der Waals surface area contributed by atoms with Crippen LogP contribution in [0.2, 0.25) is 0 Å². The highest BCUT2D eigenvalue weighted by Crippen LogP contribution is 2.31. The maximum absolute atomic E-state index is 13.7. The number of nitrogens with one attached hydrogen (secondary N) is 1. The lowest BCUT2D eigenvalue weighted by atomic mass is 9.90. The predicted octanol–water partition coefficient (Wildman–Crippen LogP) is 3.87. The third-order valence-electron chi connectivity index (χ3n) is 6.30. The Morgan fingerprint density at radius 2 is 1.87 bits per heavy atom. The second-order valence-corrected chi connectivity index (χ2v) is 8.74. The SMILES string of the molecule is CN(C)c1nc(NC2CCC(N(C(N)=O)c3cccc(F)c3)CC2)nc2c1CCCC2. The molecule has 8 heteroatoms. The standard InChI is InChI=1S/C23H31FN6O/c1-29(2)21-19-8-3-4-9-20(19)27-23(28-21)26-16-10-12-17(13-11-16)30(22(25)31)18-7-5-6-15(24)14-18/h5-7,14,16-17H,3-4,8-13H2,1-2H3,(H2,25,31)(H,26,27,28). The number of halogens is 1. The molecule has 2 aliphatic carbocycles. The van der Waals surface area contributed by atoms with Crippen LogP contribution >= 0.6 is 0 Å². The van der Waals surface area contributed by atoms with Crippen LogP contribution < -0.4 is 20.9 Å². The molecule has 0 bridgehead atoms. The van der Waals surface area contributed by atoms with Crippen LogP contribution in [0.3, 0.4) is 0 Å². The lowest BCUT2D eigenvalue weighted by molar-refractivity contribution is 0.248. The first kappa shape index (κ1) is 21.3. The van der Waals surface area contributed by atoms with Crippen molar-refractivity contribution in [2.24, 2.45) is 5.73 Å². The van der Waals surface area contributed by atoms with Crippen molar-refractivity contribution in [3.8, 4) is 0 Å². The summed E-state index contributed by atoms with van der Waals surface area (Å²) in [4.78, 5) is 25.3. The first-order valence-electron chi connectivity index (χ1n) is 11.1. The molecule has 0 atom stereocenters. The molecular weight excluding hydrogens is 395 g/mol. The van der Waals surface area contributed by atoms with E-state index in [4.69, 9.17) is 15.7 Å². The van der Waals surface area contributed by atoms with Gasteiger partial charge in [-0.05, 0) is 69.6 Å². The minimum Gasteiger partial charge on any atom is -0.362 e. The second-order valence-electron chi connectivity index (χ2n) is 8.74. The molecule has 1 fully saturated rings. The van der Waals surface area contributed by atoms with Gasteiger partial charge in [-0.3, -0.25) is 4.90 Å². The van der Waals surface area contributed by atoms with Crippen molar-refractivity contribution in [1.29, 1.82) is 0 Å². The molecule has 0 unspecified atom stereocenters. The Morgan fingerprint density at radius 3 is 2.55 bits per heavy atom. The Morgan fingerprint density at radius 1 is 1.13 bits per heavy atom. The highest BCUT2D eigenvalue weighted by molar-refractivity contribution is 5.91. The average molecular weight is 427 g/mol. The minimum absolute atomic E-state index is 0.0425. The van der Waals surface area contributed by atoms with Gasteiger partial charge >= 0.3 is 6.03 Å². The van der Waals surface area contributed by atoms with Gasteiger partial charge in [0.15, 0.2) is 0 Å². The van der Waals surface area contributed by atoms with Crippen LogP contribution in [0.25, 0.3) is 0 Å². The van der Waals surface area contributed by atoms with Crippen LogP contribution in [0.1, 0.15) is 49.8 Å². The summed E-state index contributed by atoms with van der Waals surface area (Å²) in [5.41, 5.74) is 8.59. The van der Waals surface area contributed by atoms with Crippen LogP contribution in [0, 0.1) is 5.82 Å². The number of hydrogen-bond acceptors (Lipinski definition) is 5. The number of carbonyl (C=O) groups excluding carboxylic acids is 1. The van der Waals surface area contributed by atoms with E-state index in [0.29, 0.717) is 11.6 Å². The van der Waals surface area contributed by atoms with Gasteiger partial charge in [0.1, 0.15) is 11.6 Å². The number of urea groups is 1. The number of nitrogens with two attached hydrogens (primary N) is 1. The molecule has 3 N–H and O–H groups in total. The van der Waals surface area contributed by atoms with Gasteiger partial charge < -0.3 is 16.0 Å². The molecule has 166 valence electrons. The fraction of sp³-hybridized carbons (Fsp3) is 0.522. The molecule has 2 aliphatic rings. The number of anilines is 3. The van der Waals surface area contributed by atoms with E-state index in [0.717, 1.165) is 50.0 Å². The number of carbonyl (C=O) groups is 1. The van der Waals surface area contributed by atoms with Gasteiger partial charge in [0.2, 0.25) is 5.95 Å². The van der Waals surface area contributed by atoms with Crippen LogP contribution in [-0.2, 0) is 12.8 Å². The van der Waals surface area contributed by atoms with Gasteiger partial charge in [0.25, 0.3) is 0 Å². The van der Waals surface area contributed by atoms with Crippen molar-refractivity contribution in [2.45, 2.75) is 63.5 Å². The molecule has 0 radical (unpaired) electrons. The first-order chi connectivity index (χ1) is 14.9. The van der Waals surface area contributed by atoms with Gasteiger partial charge in [0.05, 0.1) is 5.69 Å². The number of nitrogens with zero attached hydrogens (tertiary/aromatic N) is 4. The van der Waals surface area contributed by atoms with Crippen molar-refractivity contribution in [1.82, 2.24) is 9.97 Å². The van der Waals surface area contributed by atoms with Crippen molar-refractivity contribution in [3.63, 3.8) is 0 Å². The third kappa shape index (κ3) is 4.73. The number of fused-ring (bicyclic) bond motifs is 1. The van der Waals surface area contributed by atoms with Gasteiger partial charge in [-0.2, -0.15) is 4.98 Å². The summed E-state index contributed by atoms with van der Waals surface area (Å²) in [7, 11) is 4.05. The Labute approximate surface area is 182 Å². The molecule has 1 heterocycles. The number of amides is 2. The zero-order chi connectivity index (χ0) is 22.0. The summed E-state index contributed by atoms with van der Waals surface area (Å²) in [5, 5.41) is 3.52. The number of aryl methyl sites for hydroxylation is 1. The van der Waals surface area contributed by atoms with E-state index in [-0.39, 0.29) is 17.9 Å². The minimum atomic E-state index is -0.546. The average Bonchev–Trinajstić information content (AvgIpc) is 2.74. The molecule has 4 rings (SSSR count). The van der Waals surface area contributed by atoms with E-state index in [1.807, 2.05) is 14.1 Å². The van der Waals surface area contributed by atoms with E-state index < -0.39 is 6.03 Å². The number of hydrogen-bond donors (Lipinski definition) is 2. The van der Waals surface area contributed by atoms with Gasteiger partial charge in [-0.15, -0.1) is 0 Å². The first-order valence-corrected chi connectivity index (χ1v) is 11.1. The zero-order valence-electron chi connectivity index (χ0n) is 18.3. The summed E-state index contributed by atoms with van der Waals surface area (Å²) in [6.07, 6.45) is 7.69. The Balaban J connectivity index is 1.44. The highest BCUT2D eigenvalue weighted by Gasteiger charge is 2.30. The zero-order valence-corrected chi connectivity index (χ0v) is 18.3. The second kappa shape index (κ2) is 9.08. The van der Waals surface area contributed by atoms with E-state index in [2.05, 4.69) is 10.2 Å². The third-order valence-corrected chi connectivity index (χ3v) is 6.30. The Hall–Kier alpha value is -2.90. The van der Waals surface area contributed by atoms with Crippen molar-refractivity contribution in [2.75, 3.05) is 29.2 Å². The smallest absolute Gasteiger partial charge is 0.319 e. The van der Waals surface area contributed by atoms with E-state index >= 15 is 0 Å². The summed E-state index contributed by atoms with van der Waals surface area (Å²) in [5.74, 6) is 1.32. The predicted molar refractivity (Wildman–Crippen MR) is 121 cm³/mol. The molecule has 31 heavy (non-hydrogen) atoms. The molecule has 0 spiro atoms. The van der Waals surface area contributed by atoms with Gasteiger partial charge in [-0.25, -0.2) is 14.2 Å². The molecule has 1 aromatic heterocycles. The fourth-order valence-electron chi connectivity index (χ4n) is 4.81. The normalized spacial score (nSPS) is 20.6. The molecule has 0 aliphatic heterocycles. The maximum Gasteiger partial charge on any atom is 0.319 e. The number of aromatic nitrogens is 2. The van der Waals surface area contributed by atoms with E-state index in [9.17, 15) is 9.18 Å². The highest BCUT2D eigenvalue weighted by atomic mass is 19.1. The molecule has 1 aromatic carbocycles. The molecule has 2 aromatic rings. The lowest BCUT2D eigenvalue weighted by Crippen LogP contribution is -2.47. The molecule has 2 amide bonds. The summed E-state index contributed by atoms with van der Waals surface area (Å²) in [6, 6.07) is 5.69. The largest absolute Gasteiger partial charge is 0.362 e. The Kier molecular flexibility index (Phi) is 6.25. The maximum atomic E-state index is 13.7. The summed E-state index contributed by atoms with van der Waals surface area (Å²) >= 11 is 0.